The summed E-state index contributed by atoms with van der Waals surface area (Å²) < 4.78 is 6.21. The van der Waals surface area contributed by atoms with Gasteiger partial charge >= 0.3 is 0 Å². The van der Waals surface area contributed by atoms with Gasteiger partial charge in [-0.2, -0.15) is 9.78 Å². The van der Waals surface area contributed by atoms with Crippen molar-refractivity contribution in [3.05, 3.63) is 101 Å². The molecule has 7 rings (SSSR count). The molecule has 0 bridgehead atoms. The van der Waals surface area contributed by atoms with Crippen LogP contribution in [0.4, 0.5) is 11.5 Å². The van der Waals surface area contributed by atoms with E-state index in [0.717, 1.165) is 47.3 Å². The minimum Gasteiger partial charge on any atom is -0.378 e. The molecule has 0 atom stereocenters. The van der Waals surface area contributed by atoms with E-state index in [9.17, 15) is 4.79 Å². The fourth-order valence-corrected chi connectivity index (χ4v) is 5.36. The number of nitrogens with one attached hydrogen (secondary N) is 1. The maximum atomic E-state index is 13.6. The first-order chi connectivity index (χ1) is 19.2. The fraction of sp³-hybridized carbons (Fsp3) is 0.143. The van der Waals surface area contributed by atoms with Gasteiger partial charge in [0.1, 0.15) is 0 Å². The SMILES string of the molecule is Nc1nonc1-n1nnc(C(=O)NN=C2c3ccccc3-c3ccccc32)c1CN1CCCc2ccccc21. The van der Waals surface area contributed by atoms with Crippen molar-refractivity contribution in [2.45, 2.75) is 19.4 Å². The number of para-hydroxylation sites is 1. The molecule has 2 aromatic heterocycles. The topological polar surface area (TPSA) is 140 Å². The number of fused-ring (bicyclic) bond motifs is 4. The van der Waals surface area contributed by atoms with Crippen LogP contribution >= 0.6 is 0 Å². The summed E-state index contributed by atoms with van der Waals surface area (Å²) in [4.78, 5) is 15.8. The van der Waals surface area contributed by atoms with Crippen LogP contribution < -0.4 is 16.1 Å². The van der Waals surface area contributed by atoms with Crippen LogP contribution in [0.15, 0.2) is 82.5 Å². The van der Waals surface area contributed by atoms with Crippen LogP contribution in [0.3, 0.4) is 0 Å². The number of hydrazone groups is 1. The Kier molecular flexibility index (Phi) is 5.39. The zero-order valence-corrected chi connectivity index (χ0v) is 20.8. The molecule has 0 spiro atoms. The van der Waals surface area contributed by atoms with Crippen molar-refractivity contribution in [2.75, 3.05) is 17.2 Å². The number of hydrogen-bond donors (Lipinski definition) is 2. The van der Waals surface area contributed by atoms with Gasteiger partial charge in [-0.15, -0.1) is 5.10 Å². The van der Waals surface area contributed by atoms with Crippen LogP contribution in [0.25, 0.3) is 16.9 Å². The molecule has 1 aliphatic heterocycles. The molecule has 0 radical (unpaired) electrons. The summed E-state index contributed by atoms with van der Waals surface area (Å²) in [7, 11) is 0. The summed E-state index contributed by atoms with van der Waals surface area (Å²) in [5, 5.41) is 20.5. The Hall–Kier alpha value is -5.32. The summed E-state index contributed by atoms with van der Waals surface area (Å²) in [5.74, 6) is -0.274. The maximum absolute atomic E-state index is 13.6. The van der Waals surface area contributed by atoms with E-state index >= 15 is 0 Å². The molecule has 0 saturated carbocycles. The zero-order valence-electron chi connectivity index (χ0n) is 20.8. The predicted octanol–water partition coefficient (Wildman–Crippen LogP) is 3.35. The molecule has 0 unspecified atom stereocenters. The monoisotopic (exact) mass is 517 g/mol. The number of amides is 1. The number of carbonyl (C=O) groups is 1. The fourth-order valence-electron chi connectivity index (χ4n) is 5.36. The van der Waals surface area contributed by atoms with Gasteiger partial charge in [-0.1, -0.05) is 71.9 Å². The van der Waals surface area contributed by atoms with E-state index in [0.29, 0.717) is 18.0 Å². The van der Waals surface area contributed by atoms with E-state index in [1.54, 1.807) is 0 Å². The van der Waals surface area contributed by atoms with Crippen LogP contribution in [0.5, 0.6) is 0 Å². The average Bonchev–Trinajstić information content (AvgIpc) is 3.67. The Morgan fingerprint density at radius 3 is 2.36 bits per heavy atom. The molecule has 1 aliphatic carbocycles. The van der Waals surface area contributed by atoms with Crippen LogP contribution in [0.2, 0.25) is 0 Å². The van der Waals surface area contributed by atoms with Gasteiger partial charge in [0.05, 0.1) is 18.0 Å². The number of rotatable bonds is 5. The molecule has 3 aromatic carbocycles. The first-order valence-corrected chi connectivity index (χ1v) is 12.6. The second-order valence-electron chi connectivity index (χ2n) is 9.42. The minimum atomic E-state index is -0.495. The lowest BCUT2D eigenvalue weighted by Gasteiger charge is -2.31. The number of nitrogens with zero attached hydrogens (tertiary/aromatic N) is 7. The first-order valence-electron chi connectivity index (χ1n) is 12.6. The van der Waals surface area contributed by atoms with Gasteiger partial charge in [-0.05, 0) is 45.9 Å². The standard InChI is InChI=1S/C28H23N9O2/c29-26-27(34-39-33-26)37-23(16-36-15-7-9-17-8-1-6-14-22(17)36)25(31-35-37)28(38)32-30-24-20-12-4-2-10-18(20)19-11-3-5-13-21(19)24/h1-6,8,10-14H,7,9,15-16H2,(H2,29,33)(H,32,38). The smallest absolute Gasteiger partial charge is 0.293 e. The first kappa shape index (κ1) is 22.8. The molecule has 39 heavy (non-hydrogen) atoms. The van der Waals surface area contributed by atoms with Crippen LogP contribution in [-0.2, 0) is 13.0 Å². The van der Waals surface area contributed by atoms with E-state index in [1.807, 2.05) is 48.5 Å². The Morgan fingerprint density at radius 1 is 0.949 bits per heavy atom. The van der Waals surface area contributed by atoms with Crippen molar-refractivity contribution in [1.82, 2.24) is 30.7 Å². The maximum Gasteiger partial charge on any atom is 0.293 e. The number of aryl methyl sites for hydroxylation is 1. The highest BCUT2D eigenvalue weighted by atomic mass is 16.6. The summed E-state index contributed by atoms with van der Waals surface area (Å²) >= 11 is 0. The number of aromatic nitrogens is 5. The summed E-state index contributed by atoms with van der Waals surface area (Å²) in [6.07, 6.45) is 1.98. The van der Waals surface area contributed by atoms with E-state index in [1.165, 1.54) is 10.2 Å². The van der Waals surface area contributed by atoms with E-state index < -0.39 is 5.91 Å². The molecule has 11 nitrogen and oxygen atoms in total. The molecule has 3 N–H and O–H groups in total. The number of nitrogens with two attached hydrogens (primary N) is 1. The van der Waals surface area contributed by atoms with Crippen molar-refractivity contribution in [2.24, 2.45) is 5.10 Å². The van der Waals surface area contributed by atoms with Crippen LogP contribution in [-0.4, -0.2) is 43.5 Å². The van der Waals surface area contributed by atoms with Crippen molar-refractivity contribution >= 4 is 23.1 Å². The Bertz CT molecular complexity index is 1710. The van der Waals surface area contributed by atoms with Gasteiger partial charge in [0.15, 0.2) is 5.69 Å². The molecule has 192 valence electrons. The largest absolute Gasteiger partial charge is 0.378 e. The van der Waals surface area contributed by atoms with Crippen molar-refractivity contribution in [3.63, 3.8) is 0 Å². The molecule has 3 heterocycles. The van der Waals surface area contributed by atoms with Crippen molar-refractivity contribution in [1.29, 1.82) is 0 Å². The van der Waals surface area contributed by atoms with Gasteiger partial charge in [-0.25, -0.2) is 10.1 Å². The number of benzene rings is 3. The lowest BCUT2D eigenvalue weighted by Crippen LogP contribution is -2.31. The zero-order chi connectivity index (χ0) is 26.3. The second kappa shape index (κ2) is 9.21. The van der Waals surface area contributed by atoms with E-state index in [-0.39, 0.29) is 17.3 Å². The highest BCUT2D eigenvalue weighted by Gasteiger charge is 2.28. The molecule has 0 fully saturated rings. The molecular formula is C28H23N9O2. The van der Waals surface area contributed by atoms with E-state index in [2.05, 4.69) is 60.3 Å². The number of hydrogen-bond acceptors (Lipinski definition) is 9. The molecule has 2 aliphatic rings. The summed E-state index contributed by atoms with van der Waals surface area (Å²) in [6.45, 7) is 1.16. The Labute approximate surface area is 222 Å². The average molecular weight is 518 g/mol. The van der Waals surface area contributed by atoms with E-state index in [4.69, 9.17) is 10.4 Å². The number of carbonyl (C=O) groups excluding carboxylic acids is 1. The predicted molar refractivity (Wildman–Crippen MR) is 144 cm³/mol. The Morgan fingerprint density at radius 2 is 1.64 bits per heavy atom. The second-order valence-corrected chi connectivity index (χ2v) is 9.42. The van der Waals surface area contributed by atoms with Gasteiger partial charge in [0, 0.05) is 23.4 Å². The third-order valence-electron chi connectivity index (χ3n) is 7.15. The van der Waals surface area contributed by atoms with Gasteiger partial charge in [-0.3, -0.25) is 4.79 Å². The quantitative estimate of drug-likeness (QED) is 0.332. The lowest BCUT2D eigenvalue weighted by atomic mass is 10.0. The van der Waals surface area contributed by atoms with Crippen molar-refractivity contribution < 1.29 is 9.42 Å². The molecule has 0 saturated heterocycles. The Balaban J connectivity index is 1.26. The molecule has 11 heteroatoms. The molecule has 5 aromatic rings. The summed E-state index contributed by atoms with van der Waals surface area (Å²) in [5.41, 5.74) is 16.4. The van der Waals surface area contributed by atoms with Crippen LogP contribution in [0.1, 0.15) is 39.3 Å². The van der Waals surface area contributed by atoms with Gasteiger partial charge < -0.3 is 10.6 Å². The lowest BCUT2D eigenvalue weighted by molar-refractivity contribution is 0.0949. The number of nitrogen functional groups attached to an aromatic ring is 1. The number of anilines is 2. The molecular weight excluding hydrogens is 494 g/mol. The highest BCUT2D eigenvalue weighted by Crippen LogP contribution is 2.36. The minimum absolute atomic E-state index is 0.0477. The summed E-state index contributed by atoms with van der Waals surface area (Å²) in [6, 6.07) is 24.2. The molecule has 1 amide bonds. The third-order valence-corrected chi connectivity index (χ3v) is 7.15. The third kappa shape index (κ3) is 3.82. The van der Waals surface area contributed by atoms with Gasteiger partial charge in [0.25, 0.3) is 5.91 Å². The highest BCUT2D eigenvalue weighted by molar-refractivity contribution is 6.24. The van der Waals surface area contributed by atoms with Gasteiger partial charge in [0.2, 0.25) is 11.6 Å². The normalized spacial score (nSPS) is 13.5. The van der Waals surface area contributed by atoms with Crippen LogP contribution in [0, 0.1) is 0 Å². The van der Waals surface area contributed by atoms with Crippen molar-refractivity contribution in [3.8, 4) is 16.9 Å².